The van der Waals surface area contributed by atoms with E-state index in [2.05, 4.69) is 5.32 Å². The van der Waals surface area contributed by atoms with E-state index in [-0.39, 0.29) is 17.9 Å². The molecular formula is C15H27N3O3. The van der Waals surface area contributed by atoms with E-state index in [0.717, 1.165) is 25.9 Å². The van der Waals surface area contributed by atoms with E-state index in [1.807, 2.05) is 25.7 Å². The highest BCUT2D eigenvalue weighted by Gasteiger charge is 2.31. The van der Waals surface area contributed by atoms with Crippen molar-refractivity contribution < 1.29 is 14.3 Å². The highest BCUT2D eigenvalue weighted by atomic mass is 16.6. The summed E-state index contributed by atoms with van der Waals surface area (Å²) in [5.74, 6) is 0.331. The van der Waals surface area contributed by atoms with E-state index in [1.54, 1.807) is 4.90 Å². The fourth-order valence-corrected chi connectivity index (χ4v) is 2.76. The number of carbonyl (C=O) groups excluding carboxylic acids is 2. The highest BCUT2D eigenvalue weighted by molar-refractivity contribution is 5.79. The molecule has 0 radical (unpaired) electrons. The van der Waals surface area contributed by atoms with Crippen LogP contribution in [0.4, 0.5) is 4.79 Å². The minimum absolute atomic E-state index is 0.104. The van der Waals surface area contributed by atoms with Gasteiger partial charge in [-0.05, 0) is 40.2 Å². The number of piperidine rings is 1. The molecule has 0 unspecified atom stereocenters. The van der Waals surface area contributed by atoms with E-state index in [9.17, 15) is 9.59 Å². The molecule has 2 aliphatic heterocycles. The number of nitrogens with one attached hydrogen (secondary N) is 1. The van der Waals surface area contributed by atoms with Gasteiger partial charge in [0.25, 0.3) is 0 Å². The molecule has 120 valence electrons. The average Bonchev–Trinajstić information content (AvgIpc) is 2.46. The first-order chi connectivity index (χ1) is 9.87. The van der Waals surface area contributed by atoms with Crippen LogP contribution in [0.15, 0.2) is 0 Å². The summed E-state index contributed by atoms with van der Waals surface area (Å²) in [5.41, 5.74) is -0.474. The number of hydrogen-bond donors (Lipinski definition) is 1. The van der Waals surface area contributed by atoms with Gasteiger partial charge in [-0.25, -0.2) is 4.79 Å². The second-order valence-electron chi connectivity index (χ2n) is 6.84. The van der Waals surface area contributed by atoms with Gasteiger partial charge in [0, 0.05) is 32.7 Å². The molecule has 2 aliphatic rings. The maximum absolute atomic E-state index is 12.4. The maximum Gasteiger partial charge on any atom is 0.410 e. The molecule has 2 fully saturated rings. The number of amides is 2. The summed E-state index contributed by atoms with van der Waals surface area (Å²) < 4.78 is 5.36. The standard InChI is InChI=1S/C15H27N3O3/c1-15(2,3)21-14(20)18-9-7-17(8-10-18)13(19)12-5-4-6-16-11-12/h12,16H,4-11H2,1-3H3/t12-/m1/s1. The number of carbonyl (C=O) groups is 2. The molecule has 0 aromatic heterocycles. The van der Waals surface area contributed by atoms with Crippen molar-refractivity contribution in [1.29, 1.82) is 0 Å². The van der Waals surface area contributed by atoms with Crippen LogP contribution in [0.3, 0.4) is 0 Å². The molecule has 2 saturated heterocycles. The number of piperazine rings is 1. The zero-order valence-electron chi connectivity index (χ0n) is 13.4. The van der Waals surface area contributed by atoms with E-state index in [0.29, 0.717) is 26.2 Å². The van der Waals surface area contributed by atoms with Crippen molar-refractivity contribution in [2.45, 2.75) is 39.2 Å². The number of ether oxygens (including phenoxy) is 1. The Hall–Kier alpha value is -1.30. The van der Waals surface area contributed by atoms with Gasteiger partial charge < -0.3 is 19.9 Å². The third-order valence-corrected chi connectivity index (χ3v) is 3.89. The van der Waals surface area contributed by atoms with Crippen LogP contribution in [0.1, 0.15) is 33.6 Å². The smallest absolute Gasteiger partial charge is 0.410 e. The third kappa shape index (κ3) is 4.59. The molecule has 2 heterocycles. The number of hydrogen-bond acceptors (Lipinski definition) is 4. The Morgan fingerprint density at radius 2 is 1.71 bits per heavy atom. The lowest BCUT2D eigenvalue weighted by Crippen LogP contribution is -2.54. The van der Waals surface area contributed by atoms with Crippen LogP contribution >= 0.6 is 0 Å². The predicted octanol–water partition coefficient (Wildman–Crippen LogP) is 1.07. The SMILES string of the molecule is CC(C)(C)OC(=O)N1CCN(C(=O)[C@@H]2CCCNC2)CC1. The van der Waals surface area contributed by atoms with Gasteiger partial charge in [0.05, 0.1) is 5.92 Å². The zero-order chi connectivity index (χ0) is 15.5. The van der Waals surface area contributed by atoms with Gasteiger partial charge in [0.1, 0.15) is 5.60 Å². The van der Waals surface area contributed by atoms with Gasteiger partial charge in [0.15, 0.2) is 0 Å². The van der Waals surface area contributed by atoms with Crippen LogP contribution < -0.4 is 5.32 Å². The van der Waals surface area contributed by atoms with Crippen molar-refractivity contribution in [3.05, 3.63) is 0 Å². The molecule has 1 N–H and O–H groups in total. The summed E-state index contributed by atoms with van der Waals surface area (Å²) in [6.45, 7) is 9.70. The van der Waals surface area contributed by atoms with Gasteiger partial charge >= 0.3 is 6.09 Å². The van der Waals surface area contributed by atoms with E-state index >= 15 is 0 Å². The van der Waals surface area contributed by atoms with Gasteiger partial charge in [0.2, 0.25) is 5.91 Å². The van der Waals surface area contributed by atoms with Crippen molar-refractivity contribution in [2.24, 2.45) is 5.92 Å². The van der Waals surface area contributed by atoms with Crippen molar-refractivity contribution >= 4 is 12.0 Å². The first-order valence-corrected chi connectivity index (χ1v) is 7.84. The second kappa shape index (κ2) is 6.64. The molecule has 0 aliphatic carbocycles. The summed E-state index contributed by atoms with van der Waals surface area (Å²) in [6, 6.07) is 0. The molecule has 2 amide bonds. The summed E-state index contributed by atoms with van der Waals surface area (Å²) >= 11 is 0. The quantitative estimate of drug-likeness (QED) is 0.786. The Morgan fingerprint density at radius 3 is 2.24 bits per heavy atom. The molecule has 6 nitrogen and oxygen atoms in total. The van der Waals surface area contributed by atoms with Crippen molar-refractivity contribution in [3.63, 3.8) is 0 Å². The Labute approximate surface area is 126 Å². The fraction of sp³-hybridized carbons (Fsp3) is 0.867. The summed E-state index contributed by atoms with van der Waals surface area (Å²) in [7, 11) is 0. The number of nitrogens with zero attached hydrogens (tertiary/aromatic N) is 2. The molecule has 0 aromatic rings. The monoisotopic (exact) mass is 297 g/mol. The Balaban J connectivity index is 1.80. The Kier molecular flexibility index (Phi) is 5.08. The van der Waals surface area contributed by atoms with Crippen LogP contribution in [-0.2, 0) is 9.53 Å². The van der Waals surface area contributed by atoms with Gasteiger partial charge in [-0.15, -0.1) is 0 Å². The summed E-state index contributed by atoms with van der Waals surface area (Å²) in [6.07, 6.45) is 1.75. The maximum atomic E-state index is 12.4. The van der Waals surface area contributed by atoms with E-state index in [4.69, 9.17) is 4.74 Å². The minimum atomic E-state index is -0.474. The van der Waals surface area contributed by atoms with Crippen LogP contribution in [0.5, 0.6) is 0 Å². The third-order valence-electron chi connectivity index (χ3n) is 3.89. The fourth-order valence-electron chi connectivity index (χ4n) is 2.76. The number of rotatable bonds is 1. The zero-order valence-corrected chi connectivity index (χ0v) is 13.4. The van der Waals surface area contributed by atoms with Gasteiger partial charge in [-0.3, -0.25) is 4.79 Å². The summed E-state index contributed by atoms with van der Waals surface area (Å²) in [4.78, 5) is 28.0. The Morgan fingerprint density at radius 1 is 1.10 bits per heavy atom. The predicted molar refractivity (Wildman–Crippen MR) is 80.0 cm³/mol. The van der Waals surface area contributed by atoms with Crippen molar-refractivity contribution in [1.82, 2.24) is 15.1 Å². The molecule has 0 bridgehead atoms. The first-order valence-electron chi connectivity index (χ1n) is 7.84. The first kappa shape index (κ1) is 16.1. The largest absolute Gasteiger partial charge is 0.444 e. The molecular weight excluding hydrogens is 270 g/mol. The highest BCUT2D eigenvalue weighted by Crippen LogP contribution is 2.16. The molecule has 0 saturated carbocycles. The normalized spacial score (nSPS) is 23.9. The molecule has 1 atom stereocenters. The lowest BCUT2D eigenvalue weighted by molar-refractivity contribution is -0.137. The Bertz CT molecular complexity index is 378. The van der Waals surface area contributed by atoms with Crippen molar-refractivity contribution in [3.8, 4) is 0 Å². The molecule has 0 spiro atoms. The van der Waals surface area contributed by atoms with E-state index < -0.39 is 5.60 Å². The van der Waals surface area contributed by atoms with Gasteiger partial charge in [-0.1, -0.05) is 0 Å². The minimum Gasteiger partial charge on any atom is -0.444 e. The van der Waals surface area contributed by atoms with Crippen LogP contribution in [0.25, 0.3) is 0 Å². The molecule has 21 heavy (non-hydrogen) atoms. The molecule has 2 rings (SSSR count). The van der Waals surface area contributed by atoms with Crippen LogP contribution in [-0.4, -0.2) is 66.7 Å². The van der Waals surface area contributed by atoms with Crippen molar-refractivity contribution in [2.75, 3.05) is 39.3 Å². The van der Waals surface area contributed by atoms with E-state index in [1.165, 1.54) is 0 Å². The second-order valence-corrected chi connectivity index (χ2v) is 6.84. The topological polar surface area (TPSA) is 61.9 Å². The molecule has 0 aromatic carbocycles. The lowest BCUT2D eigenvalue weighted by atomic mass is 9.98. The average molecular weight is 297 g/mol. The lowest BCUT2D eigenvalue weighted by Gasteiger charge is -2.37. The van der Waals surface area contributed by atoms with Gasteiger partial charge in [-0.2, -0.15) is 0 Å². The van der Waals surface area contributed by atoms with Crippen LogP contribution in [0, 0.1) is 5.92 Å². The summed E-state index contributed by atoms with van der Waals surface area (Å²) in [5, 5.41) is 3.28. The van der Waals surface area contributed by atoms with Crippen LogP contribution in [0.2, 0.25) is 0 Å². The molecule has 6 heteroatoms.